The van der Waals surface area contributed by atoms with Crippen molar-refractivity contribution in [2.75, 3.05) is 11.1 Å². The Balaban J connectivity index is 1.61. The van der Waals surface area contributed by atoms with Gasteiger partial charge in [-0.25, -0.2) is 8.78 Å². The molecule has 0 saturated heterocycles. The molecule has 26 heavy (non-hydrogen) atoms. The molecule has 0 spiro atoms. The number of carbonyl (C=O) groups is 1. The number of amides is 1. The van der Waals surface area contributed by atoms with Crippen LogP contribution in [0.15, 0.2) is 46.0 Å². The molecule has 0 unspecified atom stereocenters. The van der Waals surface area contributed by atoms with Crippen molar-refractivity contribution in [2.45, 2.75) is 19.1 Å². The average molecular weight is 375 g/mol. The second kappa shape index (κ2) is 7.65. The highest BCUT2D eigenvalue weighted by Crippen LogP contribution is 2.25. The van der Waals surface area contributed by atoms with E-state index in [4.69, 9.17) is 4.42 Å². The Bertz CT molecular complexity index is 939. The maximum absolute atomic E-state index is 13.5. The number of hydrogen-bond acceptors (Lipinski definition) is 5. The lowest BCUT2D eigenvalue weighted by atomic mass is 10.1. The molecule has 3 aromatic rings. The summed E-state index contributed by atoms with van der Waals surface area (Å²) in [6, 6.07) is 8.83. The summed E-state index contributed by atoms with van der Waals surface area (Å²) in [7, 11) is 0. The van der Waals surface area contributed by atoms with Gasteiger partial charge in [-0.1, -0.05) is 29.0 Å². The van der Waals surface area contributed by atoms with Crippen LogP contribution >= 0.6 is 11.8 Å². The third kappa shape index (κ3) is 4.45. The lowest BCUT2D eigenvalue weighted by molar-refractivity contribution is -0.113. The quantitative estimate of drug-likeness (QED) is 0.671. The first-order chi connectivity index (χ1) is 12.4. The van der Waals surface area contributed by atoms with Gasteiger partial charge in [0.05, 0.1) is 11.4 Å². The van der Waals surface area contributed by atoms with Crippen LogP contribution in [0.25, 0.3) is 11.5 Å². The first kappa shape index (κ1) is 18.1. The highest BCUT2D eigenvalue weighted by Gasteiger charge is 2.13. The Morgan fingerprint density at radius 1 is 1.12 bits per heavy atom. The van der Waals surface area contributed by atoms with Crippen LogP contribution in [0.4, 0.5) is 14.5 Å². The number of thioether (sulfide) groups is 1. The van der Waals surface area contributed by atoms with Gasteiger partial charge in [0.1, 0.15) is 11.6 Å². The molecule has 1 N–H and O–H groups in total. The molecule has 0 saturated carbocycles. The molecule has 1 aromatic heterocycles. The van der Waals surface area contributed by atoms with Crippen molar-refractivity contribution in [3.63, 3.8) is 0 Å². The summed E-state index contributed by atoms with van der Waals surface area (Å²) in [5, 5.41) is 10.5. The molecule has 0 radical (unpaired) electrons. The first-order valence-corrected chi connectivity index (χ1v) is 8.69. The third-order valence-corrected chi connectivity index (χ3v) is 4.23. The molecule has 0 fully saturated rings. The van der Waals surface area contributed by atoms with Crippen molar-refractivity contribution < 1.29 is 18.0 Å². The largest absolute Gasteiger partial charge is 0.411 e. The number of aryl methyl sites for hydroxylation is 2. The smallest absolute Gasteiger partial charge is 0.277 e. The fourth-order valence-corrected chi connectivity index (χ4v) is 2.95. The molecule has 0 bridgehead atoms. The summed E-state index contributed by atoms with van der Waals surface area (Å²) in [4.78, 5) is 11.9. The Morgan fingerprint density at radius 2 is 1.85 bits per heavy atom. The predicted octanol–water partition coefficient (Wildman–Crippen LogP) is 4.36. The van der Waals surface area contributed by atoms with Crippen LogP contribution in [0.2, 0.25) is 0 Å². The van der Waals surface area contributed by atoms with E-state index in [1.807, 2.05) is 32.0 Å². The Labute approximate surface area is 152 Å². The van der Waals surface area contributed by atoms with Gasteiger partial charge in [0.25, 0.3) is 5.22 Å². The molecule has 0 aliphatic carbocycles. The predicted molar refractivity (Wildman–Crippen MR) is 94.9 cm³/mol. The van der Waals surface area contributed by atoms with Gasteiger partial charge in [-0.2, -0.15) is 0 Å². The molecule has 5 nitrogen and oxygen atoms in total. The molecular weight excluding hydrogens is 360 g/mol. The Morgan fingerprint density at radius 3 is 2.54 bits per heavy atom. The van der Waals surface area contributed by atoms with Crippen LogP contribution < -0.4 is 5.32 Å². The van der Waals surface area contributed by atoms with Gasteiger partial charge in [-0.3, -0.25) is 4.79 Å². The van der Waals surface area contributed by atoms with E-state index in [1.165, 1.54) is 0 Å². The molecule has 3 rings (SSSR count). The van der Waals surface area contributed by atoms with Gasteiger partial charge in [-0.05, 0) is 38.1 Å². The topological polar surface area (TPSA) is 68.0 Å². The minimum Gasteiger partial charge on any atom is -0.411 e. The Kier molecular flexibility index (Phi) is 5.32. The molecular formula is C18H15F2N3O2S. The van der Waals surface area contributed by atoms with Crippen LogP contribution in [-0.4, -0.2) is 21.9 Å². The van der Waals surface area contributed by atoms with Crippen LogP contribution in [0.1, 0.15) is 11.1 Å². The zero-order chi connectivity index (χ0) is 18.7. The number of carbonyl (C=O) groups excluding carboxylic acids is 1. The minimum atomic E-state index is -0.835. The van der Waals surface area contributed by atoms with Gasteiger partial charge in [-0.15, -0.1) is 10.2 Å². The minimum absolute atomic E-state index is 0.0503. The lowest BCUT2D eigenvalue weighted by Crippen LogP contribution is -2.15. The van der Waals surface area contributed by atoms with Gasteiger partial charge in [0, 0.05) is 11.6 Å². The molecule has 0 aliphatic rings. The van der Waals surface area contributed by atoms with E-state index >= 15 is 0 Å². The monoisotopic (exact) mass is 375 g/mol. The number of aromatic nitrogens is 2. The SMILES string of the molecule is Cc1cc(C)cc(-c2nnc(SCC(=O)Nc3ccc(F)cc3F)o2)c1. The van der Waals surface area contributed by atoms with E-state index in [-0.39, 0.29) is 16.7 Å². The van der Waals surface area contributed by atoms with Crippen LogP contribution in [0.3, 0.4) is 0 Å². The molecule has 8 heteroatoms. The standard InChI is InChI=1S/C18H15F2N3O2S/c1-10-5-11(2)7-12(6-10)17-22-23-18(25-17)26-9-16(24)21-15-4-3-13(19)8-14(15)20/h3-8H,9H2,1-2H3,(H,21,24). The fraction of sp³-hybridized carbons (Fsp3) is 0.167. The zero-order valence-corrected chi connectivity index (χ0v) is 14.9. The number of nitrogens with one attached hydrogen (secondary N) is 1. The van der Waals surface area contributed by atoms with Crippen molar-refractivity contribution >= 4 is 23.4 Å². The maximum atomic E-state index is 13.5. The lowest BCUT2D eigenvalue weighted by Gasteiger charge is -2.05. The summed E-state index contributed by atoms with van der Waals surface area (Å²) >= 11 is 1.03. The van der Waals surface area contributed by atoms with Crippen molar-refractivity contribution in [1.29, 1.82) is 0 Å². The van der Waals surface area contributed by atoms with E-state index in [0.29, 0.717) is 12.0 Å². The summed E-state index contributed by atoms with van der Waals surface area (Å²) in [6.07, 6.45) is 0. The van der Waals surface area contributed by atoms with E-state index in [1.54, 1.807) is 0 Å². The zero-order valence-electron chi connectivity index (χ0n) is 14.0. The first-order valence-electron chi connectivity index (χ1n) is 7.70. The van der Waals surface area contributed by atoms with E-state index in [9.17, 15) is 13.6 Å². The number of rotatable bonds is 5. The fourth-order valence-electron chi connectivity index (χ4n) is 2.39. The molecule has 134 valence electrons. The van der Waals surface area contributed by atoms with Gasteiger partial charge in [0.2, 0.25) is 11.8 Å². The second-order valence-electron chi connectivity index (χ2n) is 5.71. The number of anilines is 1. The summed E-state index contributed by atoms with van der Waals surface area (Å²) in [5.74, 6) is -1.69. The highest BCUT2D eigenvalue weighted by atomic mass is 32.2. The number of benzene rings is 2. The number of nitrogens with zero attached hydrogens (tertiary/aromatic N) is 2. The molecule has 0 atom stereocenters. The van der Waals surface area contributed by atoms with Gasteiger partial charge < -0.3 is 9.73 Å². The van der Waals surface area contributed by atoms with Crippen LogP contribution in [0.5, 0.6) is 0 Å². The van der Waals surface area contributed by atoms with Crippen LogP contribution in [0, 0.1) is 25.5 Å². The van der Waals surface area contributed by atoms with E-state index in [2.05, 4.69) is 15.5 Å². The van der Waals surface area contributed by atoms with Gasteiger partial charge >= 0.3 is 0 Å². The van der Waals surface area contributed by atoms with Crippen molar-refractivity contribution in [3.8, 4) is 11.5 Å². The molecule has 0 aliphatic heterocycles. The van der Waals surface area contributed by atoms with Crippen LogP contribution in [-0.2, 0) is 4.79 Å². The Hall–Kier alpha value is -2.74. The van der Waals surface area contributed by atoms with Crippen molar-refractivity contribution in [1.82, 2.24) is 10.2 Å². The van der Waals surface area contributed by atoms with E-state index < -0.39 is 17.5 Å². The number of hydrogen-bond donors (Lipinski definition) is 1. The summed E-state index contributed by atoms with van der Waals surface area (Å²) in [5.41, 5.74) is 2.87. The van der Waals surface area contributed by atoms with E-state index in [0.717, 1.165) is 40.6 Å². The average Bonchev–Trinajstić information content (AvgIpc) is 3.04. The van der Waals surface area contributed by atoms with Gasteiger partial charge in [0.15, 0.2) is 0 Å². The molecule has 1 amide bonds. The normalized spacial score (nSPS) is 10.8. The maximum Gasteiger partial charge on any atom is 0.277 e. The molecule has 2 aromatic carbocycles. The molecule has 1 heterocycles. The second-order valence-corrected chi connectivity index (χ2v) is 6.64. The number of halogens is 2. The summed E-state index contributed by atoms with van der Waals surface area (Å²) < 4.78 is 31.9. The highest BCUT2D eigenvalue weighted by molar-refractivity contribution is 7.99. The summed E-state index contributed by atoms with van der Waals surface area (Å²) in [6.45, 7) is 3.95. The van der Waals surface area contributed by atoms with Crippen molar-refractivity contribution in [2.24, 2.45) is 0 Å². The third-order valence-electron chi connectivity index (χ3n) is 3.41. The van der Waals surface area contributed by atoms with Crippen molar-refractivity contribution in [3.05, 3.63) is 59.2 Å².